The molecule has 0 heterocycles. The van der Waals surface area contributed by atoms with Crippen molar-refractivity contribution in [3.05, 3.63) is 35.9 Å². The first kappa shape index (κ1) is 10.8. The monoisotopic (exact) mass is 215 g/mol. The van der Waals surface area contributed by atoms with Crippen molar-refractivity contribution >= 4 is 16.5 Å². The van der Waals surface area contributed by atoms with Crippen molar-refractivity contribution < 1.29 is 5.11 Å². The smallest absolute Gasteiger partial charge is 0.139 e. The molecule has 0 saturated heterocycles. The van der Waals surface area contributed by atoms with Gasteiger partial charge in [0.15, 0.2) is 0 Å². The minimum atomic E-state index is 0.0723. The molecule has 0 amide bonds. The molecule has 0 spiro atoms. The van der Waals surface area contributed by atoms with Crippen LogP contribution in [-0.2, 0) is 5.41 Å². The Balaban J connectivity index is 2.85. The van der Waals surface area contributed by atoms with Gasteiger partial charge in [-0.25, -0.2) is 0 Å². The Bertz CT molecular complexity index is 538. The molecule has 0 bridgehead atoms. The molecule has 0 aliphatic rings. The van der Waals surface area contributed by atoms with Gasteiger partial charge in [0.05, 0.1) is 5.69 Å². The summed E-state index contributed by atoms with van der Waals surface area (Å²) in [5.41, 5.74) is 7.66. The first-order valence-electron chi connectivity index (χ1n) is 5.42. The van der Waals surface area contributed by atoms with E-state index in [0.717, 1.165) is 10.8 Å². The van der Waals surface area contributed by atoms with Crippen molar-refractivity contribution in [1.82, 2.24) is 0 Å². The normalized spacial score (nSPS) is 11.9. The molecule has 84 valence electrons. The molecule has 0 aliphatic heterocycles. The fourth-order valence-corrected chi connectivity index (χ4v) is 2.02. The zero-order chi connectivity index (χ0) is 11.9. The van der Waals surface area contributed by atoms with Crippen molar-refractivity contribution in [2.75, 3.05) is 5.73 Å². The number of rotatable bonds is 0. The second-order valence-corrected chi connectivity index (χ2v) is 5.15. The van der Waals surface area contributed by atoms with Gasteiger partial charge >= 0.3 is 0 Å². The summed E-state index contributed by atoms with van der Waals surface area (Å²) in [5, 5.41) is 11.6. The molecular weight excluding hydrogens is 198 g/mol. The Morgan fingerprint density at radius 1 is 1.00 bits per heavy atom. The topological polar surface area (TPSA) is 46.2 Å². The van der Waals surface area contributed by atoms with Crippen LogP contribution in [-0.4, -0.2) is 5.11 Å². The molecule has 2 nitrogen and oxygen atoms in total. The molecule has 0 fully saturated rings. The molecule has 0 aliphatic carbocycles. The summed E-state index contributed by atoms with van der Waals surface area (Å²) in [6.07, 6.45) is 0. The zero-order valence-electron chi connectivity index (χ0n) is 9.91. The number of fused-ring (bicyclic) bond motifs is 1. The Kier molecular flexibility index (Phi) is 2.30. The van der Waals surface area contributed by atoms with E-state index < -0.39 is 0 Å². The van der Waals surface area contributed by atoms with E-state index in [4.69, 9.17) is 5.73 Å². The molecule has 2 rings (SSSR count). The van der Waals surface area contributed by atoms with E-state index in [-0.39, 0.29) is 11.2 Å². The Hall–Kier alpha value is -1.70. The number of phenolic OH excluding ortho intramolecular Hbond substituents is 1. The van der Waals surface area contributed by atoms with E-state index in [1.165, 1.54) is 5.56 Å². The lowest BCUT2D eigenvalue weighted by molar-refractivity contribution is 0.478. The van der Waals surface area contributed by atoms with E-state index in [9.17, 15) is 5.11 Å². The molecule has 0 radical (unpaired) electrons. The average molecular weight is 215 g/mol. The van der Waals surface area contributed by atoms with E-state index in [1.54, 1.807) is 6.07 Å². The summed E-state index contributed by atoms with van der Waals surface area (Å²) in [7, 11) is 0. The molecule has 0 aromatic heterocycles. The minimum Gasteiger partial charge on any atom is -0.506 e. The highest BCUT2D eigenvalue weighted by molar-refractivity contribution is 5.98. The van der Waals surface area contributed by atoms with Crippen LogP contribution in [0, 0.1) is 0 Å². The summed E-state index contributed by atoms with van der Waals surface area (Å²) >= 11 is 0. The average Bonchev–Trinajstić information content (AvgIpc) is 2.21. The number of phenols is 1. The highest BCUT2D eigenvalue weighted by Gasteiger charge is 2.17. The van der Waals surface area contributed by atoms with E-state index in [0.29, 0.717) is 5.69 Å². The van der Waals surface area contributed by atoms with Gasteiger partial charge in [-0.2, -0.15) is 0 Å². The highest BCUT2D eigenvalue weighted by Crippen LogP contribution is 2.35. The quantitative estimate of drug-likeness (QED) is 0.522. The van der Waals surface area contributed by atoms with Crippen LogP contribution >= 0.6 is 0 Å². The fourth-order valence-electron chi connectivity index (χ4n) is 2.02. The van der Waals surface area contributed by atoms with Gasteiger partial charge in [0, 0.05) is 5.39 Å². The number of aromatic hydroxyl groups is 1. The summed E-state index contributed by atoms with van der Waals surface area (Å²) in [6, 6.07) is 9.63. The third-order valence-corrected chi connectivity index (χ3v) is 2.89. The Morgan fingerprint density at radius 2 is 1.69 bits per heavy atom. The summed E-state index contributed by atoms with van der Waals surface area (Å²) < 4.78 is 0. The molecule has 0 atom stereocenters. The maximum Gasteiger partial charge on any atom is 0.139 e. The second kappa shape index (κ2) is 3.41. The van der Waals surface area contributed by atoms with Gasteiger partial charge in [-0.1, -0.05) is 45.0 Å². The molecule has 2 aromatic rings. The predicted molar refractivity (Wildman–Crippen MR) is 68.7 cm³/mol. The van der Waals surface area contributed by atoms with Crippen molar-refractivity contribution in [3.8, 4) is 5.75 Å². The lowest BCUT2D eigenvalue weighted by Gasteiger charge is -2.21. The van der Waals surface area contributed by atoms with Gasteiger partial charge in [0.1, 0.15) is 5.75 Å². The minimum absolute atomic E-state index is 0.0723. The highest BCUT2D eigenvalue weighted by atomic mass is 16.3. The molecule has 2 aromatic carbocycles. The van der Waals surface area contributed by atoms with Crippen LogP contribution in [0.3, 0.4) is 0 Å². The van der Waals surface area contributed by atoms with E-state index in [2.05, 4.69) is 26.8 Å². The van der Waals surface area contributed by atoms with E-state index in [1.807, 2.05) is 18.2 Å². The number of nitrogen functional groups attached to an aromatic ring is 1. The number of benzene rings is 2. The summed E-state index contributed by atoms with van der Waals surface area (Å²) in [6.45, 7) is 6.51. The molecule has 0 unspecified atom stereocenters. The van der Waals surface area contributed by atoms with E-state index >= 15 is 0 Å². The molecule has 2 heteroatoms. The van der Waals surface area contributed by atoms with Gasteiger partial charge in [-0.15, -0.1) is 0 Å². The molecule has 3 N–H and O–H groups in total. The largest absolute Gasteiger partial charge is 0.506 e. The Morgan fingerprint density at radius 3 is 2.31 bits per heavy atom. The maximum atomic E-state index is 9.59. The predicted octanol–water partition coefficient (Wildman–Crippen LogP) is 3.43. The number of hydrogen-bond donors (Lipinski definition) is 2. The van der Waals surface area contributed by atoms with Gasteiger partial charge < -0.3 is 10.8 Å². The van der Waals surface area contributed by atoms with Crippen LogP contribution in [0.15, 0.2) is 30.3 Å². The SMILES string of the molecule is CC(C)(C)c1cccc2c(N)c(O)ccc12. The van der Waals surface area contributed by atoms with Crippen LogP contribution in [0.1, 0.15) is 26.3 Å². The fraction of sp³-hybridized carbons (Fsp3) is 0.286. The van der Waals surface area contributed by atoms with Crippen molar-refractivity contribution in [1.29, 1.82) is 0 Å². The summed E-state index contributed by atoms with van der Waals surface area (Å²) in [5.74, 6) is 0.151. The van der Waals surface area contributed by atoms with Crippen molar-refractivity contribution in [3.63, 3.8) is 0 Å². The summed E-state index contributed by atoms with van der Waals surface area (Å²) in [4.78, 5) is 0. The third-order valence-electron chi connectivity index (χ3n) is 2.89. The Labute approximate surface area is 95.7 Å². The van der Waals surface area contributed by atoms with Crippen molar-refractivity contribution in [2.24, 2.45) is 0 Å². The lowest BCUT2D eigenvalue weighted by atomic mass is 9.83. The van der Waals surface area contributed by atoms with Gasteiger partial charge in [0.25, 0.3) is 0 Å². The van der Waals surface area contributed by atoms with Gasteiger partial charge in [-0.05, 0) is 22.4 Å². The molecular formula is C14H17NO. The van der Waals surface area contributed by atoms with Gasteiger partial charge in [0.2, 0.25) is 0 Å². The van der Waals surface area contributed by atoms with Crippen LogP contribution in [0.2, 0.25) is 0 Å². The van der Waals surface area contributed by atoms with Crippen LogP contribution in [0.5, 0.6) is 5.75 Å². The van der Waals surface area contributed by atoms with Crippen LogP contribution in [0.4, 0.5) is 5.69 Å². The number of anilines is 1. The molecule has 0 saturated carbocycles. The second-order valence-electron chi connectivity index (χ2n) is 5.15. The van der Waals surface area contributed by atoms with Gasteiger partial charge in [-0.3, -0.25) is 0 Å². The number of nitrogens with two attached hydrogens (primary N) is 1. The van der Waals surface area contributed by atoms with Crippen LogP contribution in [0.25, 0.3) is 10.8 Å². The third kappa shape index (κ3) is 1.60. The van der Waals surface area contributed by atoms with Crippen molar-refractivity contribution in [2.45, 2.75) is 26.2 Å². The van der Waals surface area contributed by atoms with Crippen LogP contribution < -0.4 is 5.73 Å². The first-order chi connectivity index (χ1) is 7.41. The zero-order valence-corrected chi connectivity index (χ0v) is 9.91. The first-order valence-corrected chi connectivity index (χ1v) is 5.42. The maximum absolute atomic E-state index is 9.59. The molecule has 16 heavy (non-hydrogen) atoms. The number of hydrogen-bond acceptors (Lipinski definition) is 2. The lowest BCUT2D eigenvalue weighted by Crippen LogP contribution is -2.11. The standard InChI is InChI=1S/C14H17NO/c1-14(2,3)11-6-4-5-10-9(11)7-8-12(16)13(10)15/h4-8,16H,15H2,1-3H3.